The van der Waals surface area contributed by atoms with Crippen molar-refractivity contribution in [2.45, 2.75) is 64.4 Å². The van der Waals surface area contributed by atoms with Gasteiger partial charge in [-0.2, -0.15) is 0 Å². The highest BCUT2D eigenvalue weighted by Gasteiger charge is 2.20. The van der Waals surface area contributed by atoms with Gasteiger partial charge >= 0.3 is 0 Å². The molecule has 0 aromatic heterocycles. The molecule has 1 aliphatic heterocycles. The average Bonchev–Trinajstić information content (AvgIpc) is 3.69. The maximum atomic E-state index is 6.32. The van der Waals surface area contributed by atoms with Crippen LogP contribution in [0.3, 0.4) is 0 Å². The van der Waals surface area contributed by atoms with Crippen LogP contribution in [0.5, 0.6) is 5.75 Å². The summed E-state index contributed by atoms with van der Waals surface area (Å²) in [4.78, 5) is 0. The maximum absolute atomic E-state index is 6.32. The highest BCUT2D eigenvalue weighted by Crippen LogP contribution is 2.32. The van der Waals surface area contributed by atoms with E-state index >= 15 is 0 Å². The fourth-order valence-corrected chi connectivity index (χ4v) is 4.41. The lowest BCUT2D eigenvalue weighted by atomic mass is 9.96. The van der Waals surface area contributed by atoms with Crippen LogP contribution in [0.1, 0.15) is 56.1 Å². The van der Waals surface area contributed by atoms with Crippen LogP contribution < -0.4 is 10.1 Å². The van der Waals surface area contributed by atoms with Gasteiger partial charge in [0, 0.05) is 16.6 Å². The molecule has 2 nitrogen and oxygen atoms in total. The van der Waals surface area contributed by atoms with Crippen molar-refractivity contribution in [3.8, 4) is 16.9 Å². The summed E-state index contributed by atoms with van der Waals surface area (Å²) >= 11 is 12.5. The molecule has 1 fully saturated rings. The van der Waals surface area contributed by atoms with Gasteiger partial charge in [-0.1, -0.05) is 78.4 Å². The molecule has 0 saturated heterocycles. The van der Waals surface area contributed by atoms with E-state index in [1.807, 2.05) is 6.08 Å². The molecule has 32 heavy (non-hydrogen) atoms. The molecule has 2 aliphatic carbocycles. The van der Waals surface area contributed by atoms with Crippen LogP contribution >= 0.6 is 23.2 Å². The van der Waals surface area contributed by atoms with E-state index < -0.39 is 0 Å². The number of rotatable bonds is 6. The highest BCUT2D eigenvalue weighted by atomic mass is 35.5. The molecule has 0 radical (unpaired) electrons. The lowest BCUT2D eigenvalue weighted by molar-refractivity contribution is 0.171. The summed E-state index contributed by atoms with van der Waals surface area (Å²) in [6, 6.07) is 15.2. The molecule has 5 rings (SSSR count). The van der Waals surface area contributed by atoms with Crippen molar-refractivity contribution in [3.05, 3.63) is 75.3 Å². The second kappa shape index (κ2) is 11.4. The molecule has 2 aromatic rings. The van der Waals surface area contributed by atoms with Crippen molar-refractivity contribution in [2.75, 3.05) is 13.1 Å². The Morgan fingerprint density at radius 2 is 1.69 bits per heavy atom. The number of allylic oxidation sites excluding steroid dienone is 3. The number of benzene rings is 2. The largest absolute Gasteiger partial charge is 0.489 e. The molecule has 0 spiro atoms. The zero-order valence-corrected chi connectivity index (χ0v) is 20.4. The molecular formula is C28H33Cl2NO. The number of aryl methyl sites for hydroxylation is 2. The highest BCUT2D eigenvalue weighted by molar-refractivity contribution is 6.32. The third-order valence-corrected chi connectivity index (χ3v) is 6.76. The molecule has 1 N–H and O–H groups in total. The molecule has 1 saturated carbocycles. The van der Waals surface area contributed by atoms with Crippen LogP contribution in [0, 0.1) is 6.92 Å². The van der Waals surface area contributed by atoms with Crippen molar-refractivity contribution in [2.24, 2.45) is 0 Å². The minimum atomic E-state index is 0.211. The Morgan fingerprint density at radius 1 is 0.938 bits per heavy atom. The van der Waals surface area contributed by atoms with Gasteiger partial charge in [-0.3, -0.25) is 0 Å². The van der Waals surface area contributed by atoms with E-state index in [1.54, 1.807) is 0 Å². The van der Waals surface area contributed by atoms with E-state index in [4.69, 9.17) is 27.9 Å². The summed E-state index contributed by atoms with van der Waals surface area (Å²) < 4.78 is 6.24. The summed E-state index contributed by atoms with van der Waals surface area (Å²) in [5.41, 5.74) is 6.26. The fraction of sp³-hybridized carbons (Fsp3) is 0.429. The first-order valence-corrected chi connectivity index (χ1v) is 12.6. The minimum Gasteiger partial charge on any atom is -0.489 e. The Hall–Kier alpha value is -1.74. The maximum Gasteiger partial charge on any atom is 0.123 e. The summed E-state index contributed by atoms with van der Waals surface area (Å²) in [5.74, 6) is 1.02. The molecule has 0 bridgehead atoms. The molecule has 0 amide bonds. The molecule has 4 heteroatoms. The van der Waals surface area contributed by atoms with Gasteiger partial charge in [0.15, 0.2) is 0 Å². The van der Waals surface area contributed by atoms with E-state index in [2.05, 4.69) is 54.7 Å². The van der Waals surface area contributed by atoms with Crippen LogP contribution in [0.25, 0.3) is 11.1 Å². The van der Waals surface area contributed by atoms with Crippen LogP contribution in [0.4, 0.5) is 0 Å². The first kappa shape index (κ1) is 23.4. The van der Waals surface area contributed by atoms with Crippen LogP contribution in [-0.4, -0.2) is 19.2 Å². The van der Waals surface area contributed by atoms with Crippen molar-refractivity contribution >= 4 is 23.2 Å². The smallest absolute Gasteiger partial charge is 0.123 e. The van der Waals surface area contributed by atoms with E-state index in [9.17, 15) is 0 Å². The van der Waals surface area contributed by atoms with E-state index in [0.29, 0.717) is 0 Å². The second-order valence-corrected chi connectivity index (χ2v) is 9.94. The molecule has 2 aromatic carbocycles. The van der Waals surface area contributed by atoms with Crippen molar-refractivity contribution in [3.63, 3.8) is 0 Å². The normalized spacial score (nSPS) is 19.3. The first-order valence-electron chi connectivity index (χ1n) is 11.9. The Bertz CT molecular complexity index is 973. The molecular weight excluding hydrogens is 437 g/mol. The predicted octanol–water partition coefficient (Wildman–Crippen LogP) is 7.92. The molecule has 1 heterocycles. The SMILES string of the molecule is C1CC1.Cc1ccc(-c2ccc3c(c2)CCC(CNCCC2=C(Cl)CCC(Cl)=C2)O3)cc1. The van der Waals surface area contributed by atoms with Gasteiger partial charge in [0.1, 0.15) is 11.9 Å². The van der Waals surface area contributed by atoms with E-state index in [0.717, 1.165) is 66.6 Å². The first-order chi connectivity index (χ1) is 15.6. The summed E-state index contributed by atoms with van der Waals surface area (Å²) in [7, 11) is 0. The van der Waals surface area contributed by atoms with Crippen molar-refractivity contribution in [1.29, 1.82) is 0 Å². The quantitative estimate of drug-likeness (QED) is 0.433. The zero-order chi connectivity index (χ0) is 22.3. The Balaban J connectivity index is 0.000000754. The molecule has 1 unspecified atom stereocenters. The van der Waals surface area contributed by atoms with Crippen LogP contribution in [-0.2, 0) is 6.42 Å². The predicted molar refractivity (Wildman–Crippen MR) is 137 cm³/mol. The van der Waals surface area contributed by atoms with Gasteiger partial charge in [0.05, 0.1) is 0 Å². The van der Waals surface area contributed by atoms with Gasteiger partial charge in [0.25, 0.3) is 0 Å². The van der Waals surface area contributed by atoms with Gasteiger partial charge in [-0.05, 0) is 86.0 Å². The lowest BCUT2D eigenvalue weighted by Crippen LogP contribution is -2.34. The van der Waals surface area contributed by atoms with Gasteiger partial charge in [-0.15, -0.1) is 0 Å². The number of halogens is 2. The number of ether oxygens (including phenoxy) is 1. The zero-order valence-electron chi connectivity index (χ0n) is 18.9. The van der Waals surface area contributed by atoms with Gasteiger partial charge < -0.3 is 10.1 Å². The average molecular weight is 470 g/mol. The Labute approximate surface area is 202 Å². The Kier molecular flexibility index (Phi) is 8.35. The van der Waals surface area contributed by atoms with Crippen molar-refractivity contribution in [1.82, 2.24) is 5.32 Å². The number of hydrogen-bond acceptors (Lipinski definition) is 2. The topological polar surface area (TPSA) is 21.3 Å². The van der Waals surface area contributed by atoms with Gasteiger partial charge in [-0.25, -0.2) is 0 Å². The summed E-state index contributed by atoms with van der Waals surface area (Å²) in [6.07, 6.45) is 11.4. The van der Waals surface area contributed by atoms with E-state index in [1.165, 1.54) is 41.5 Å². The monoisotopic (exact) mass is 469 g/mol. The Morgan fingerprint density at radius 3 is 2.44 bits per heavy atom. The number of fused-ring (bicyclic) bond motifs is 1. The van der Waals surface area contributed by atoms with Gasteiger partial charge in [0.2, 0.25) is 0 Å². The number of hydrogen-bond donors (Lipinski definition) is 1. The van der Waals surface area contributed by atoms with Crippen LogP contribution in [0.2, 0.25) is 0 Å². The lowest BCUT2D eigenvalue weighted by Gasteiger charge is -2.27. The van der Waals surface area contributed by atoms with Crippen molar-refractivity contribution < 1.29 is 4.74 Å². The number of nitrogens with one attached hydrogen (secondary N) is 1. The fourth-order valence-electron chi connectivity index (χ4n) is 3.94. The second-order valence-electron chi connectivity index (χ2n) is 9.00. The molecule has 3 aliphatic rings. The van der Waals surface area contributed by atoms with E-state index in [-0.39, 0.29) is 6.10 Å². The third-order valence-electron chi connectivity index (χ3n) is 6.03. The molecule has 1 atom stereocenters. The minimum absolute atomic E-state index is 0.211. The summed E-state index contributed by atoms with van der Waals surface area (Å²) in [6.45, 7) is 3.85. The van der Waals surface area contributed by atoms with Crippen LogP contribution in [0.15, 0.2) is 64.2 Å². The standard InChI is InChI=1S/C25H27Cl2NO.C3H6/c1-17-2-4-18(5-3-17)19-7-11-25-21(14-19)6-9-23(29-25)16-28-13-12-20-15-22(26)8-10-24(20)27;1-2-3-1/h2-5,7,11,14-15,23,28H,6,8-10,12-13,16H2,1H3;1-3H2. The third kappa shape index (κ3) is 6.88. The summed E-state index contributed by atoms with van der Waals surface area (Å²) in [5, 5.41) is 5.37. The molecule has 170 valence electrons.